The van der Waals surface area contributed by atoms with Gasteiger partial charge in [0.1, 0.15) is 6.61 Å². The van der Waals surface area contributed by atoms with Crippen molar-refractivity contribution in [2.24, 2.45) is 41.4 Å². The topological polar surface area (TPSA) is 146 Å². The van der Waals surface area contributed by atoms with Gasteiger partial charge in [0.2, 0.25) is 0 Å². The van der Waals surface area contributed by atoms with Crippen LogP contribution in [0.2, 0.25) is 97.7 Å². The summed E-state index contributed by atoms with van der Waals surface area (Å²) in [5.74, 6) is 0.105. The highest BCUT2D eigenvalue weighted by atomic mass is 28.6. The third-order valence-corrected chi connectivity index (χ3v) is 64.6. The van der Waals surface area contributed by atoms with Crippen molar-refractivity contribution in [3.8, 4) is 0 Å². The fourth-order valence-corrected chi connectivity index (χ4v) is 70.0. The number of rotatable bonds is 34. The summed E-state index contributed by atoms with van der Waals surface area (Å²) in [6, 6.07) is 9.36. The van der Waals surface area contributed by atoms with Gasteiger partial charge < -0.3 is 58.9 Å². The summed E-state index contributed by atoms with van der Waals surface area (Å²) in [5.41, 5.74) is 0.364. The predicted octanol–water partition coefficient (Wildman–Crippen LogP) is 15.1. The zero-order chi connectivity index (χ0) is 57.8. The maximum atomic E-state index is 12.1. The molecule has 0 N–H and O–H groups in total. The van der Waals surface area contributed by atoms with E-state index in [4.69, 9.17) is 58.9 Å². The van der Waals surface area contributed by atoms with Crippen LogP contribution in [0.25, 0.3) is 0 Å². The van der Waals surface area contributed by atoms with Crippen molar-refractivity contribution in [2.75, 3.05) is 19.8 Å². The Morgan fingerprint density at radius 3 is 0.961 bits per heavy atom. The van der Waals surface area contributed by atoms with E-state index in [0.717, 1.165) is 48.7 Å². The van der Waals surface area contributed by atoms with Gasteiger partial charge in [-0.2, -0.15) is 0 Å². The highest BCUT2D eigenvalue weighted by Gasteiger charge is 2.79. The fraction of sp³-hybridized carbons (Fsp3) is 0.941. The molecule has 3 aliphatic rings. The minimum Gasteiger partial charge on any atom is -0.460 e. The van der Waals surface area contributed by atoms with Crippen LogP contribution in [0.15, 0.2) is 12.2 Å². The van der Waals surface area contributed by atoms with Crippen LogP contribution in [-0.2, 0) is 63.7 Å². The molecular formula is C51H114O15Si10. The second-order valence-electron chi connectivity index (χ2n) is 26.1. The van der Waals surface area contributed by atoms with Gasteiger partial charge in [-0.3, -0.25) is 0 Å². The minimum atomic E-state index is -4.20. The van der Waals surface area contributed by atoms with E-state index in [1.54, 1.807) is 6.92 Å². The van der Waals surface area contributed by atoms with Crippen LogP contribution in [-0.4, -0.2) is 112 Å². The van der Waals surface area contributed by atoms with Crippen LogP contribution in [0.1, 0.15) is 152 Å². The molecule has 0 radical (unpaired) electrons. The lowest BCUT2D eigenvalue weighted by Crippen LogP contribution is -2.84. The Hall–Kier alpha value is 0.859. The van der Waals surface area contributed by atoms with Crippen LogP contribution in [0.4, 0.5) is 0 Å². The lowest BCUT2D eigenvalue weighted by molar-refractivity contribution is -0.140. The molecule has 15 nitrogen and oxygen atoms in total. The van der Waals surface area contributed by atoms with E-state index in [2.05, 4.69) is 158 Å². The molecule has 3 saturated heterocycles. The molecule has 0 aromatic rings. The molecule has 448 valence electrons. The molecule has 4 atom stereocenters. The average molecular weight is 1250 g/mol. The van der Waals surface area contributed by atoms with E-state index in [1.165, 1.54) is 0 Å². The molecule has 76 heavy (non-hydrogen) atoms. The molecule has 4 bridgehead atoms. The number of esters is 1. The first kappa shape index (κ1) is 71.1. The summed E-state index contributed by atoms with van der Waals surface area (Å²) in [5, 5.41) is 0. The van der Waals surface area contributed by atoms with Gasteiger partial charge in [-0.15, -0.1) is 0 Å². The van der Waals surface area contributed by atoms with Gasteiger partial charge in [0, 0.05) is 54.5 Å². The van der Waals surface area contributed by atoms with Crippen LogP contribution < -0.4 is 0 Å². The third kappa shape index (κ3) is 20.6. The van der Waals surface area contributed by atoms with Crippen LogP contribution in [0.3, 0.4) is 0 Å². The van der Waals surface area contributed by atoms with E-state index in [0.29, 0.717) is 54.5 Å². The molecule has 0 saturated carbocycles. The van der Waals surface area contributed by atoms with Crippen LogP contribution in [0.5, 0.6) is 0 Å². The maximum absolute atomic E-state index is 12.1. The molecule has 4 unspecified atom stereocenters. The van der Waals surface area contributed by atoms with Crippen molar-refractivity contribution in [2.45, 2.75) is 250 Å². The Balaban J connectivity index is 2.73. The summed E-state index contributed by atoms with van der Waals surface area (Å²) < 4.78 is 110. The van der Waals surface area contributed by atoms with E-state index < -0.39 is 92.6 Å². The Bertz CT molecular complexity index is 1700. The summed E-state index contributed by atoms with van der Waals surface area (Å²) in [6.07, 6.45) is 0.720. The van der Waals surface area contributed by atoms with Gasteiger partial charge in [-0.25, -0.2) is 4.79 Å². The van der Waals surface area contributed by atoms with Crippen molar-refractivity contribution in [1.29, 1.82) is 0 Å². The van der Waals surface area contributed by atoms with E-state index >= 15 is 0 Å². The largest absolute Gasteiger partial charge is 0.479 e. The molecule has 3 fully saturated rings. The quantitative estimate of drug-likeness (QED) is 0.0260. The number of fused-ring (bicyclic) bond motifs is 3. The summed E-state index contributed by atoms with van der Waals surface area (Å²) in [6.45, 7) is 55.5. The molecule has 3 heterocycles. The maximum Gasteiger partial charge on any atom is 0.479 e. The van der Waals surface area contributed by atoms with Crippen molar-refractivity contribution in [3.63, 3.8) is 0 Å². The van der Waals surface area contributed by atoms with Gasteiger partial charge in [0.05, 0.1) is 6.61 Å². The molecule has 25 heteroatoms. The Kier molecular flexibility index (Phi) is 27.7. The highest BCUT2D eigenvalue weighted by Crippen LogP contribution is 2.53. The van der Waals surface area contributed by atoms with Gasteiger partial charge in [0.25, 0.3) is 0 Å². The van der Waals surface area contributed by atoms with Gasteiger partial charge >= 0.3 is 67.6 Å². The second kappa shape index (κ2) is 29.6. The molecule has 0 aliphatic carbocycles. The molecular weight excluding hydrogens is 1130 g/mol. The number of hydrogen-bond acceptors (Lipinski definition) is 15. The Morgan fingerprint density at radius 2 is 0.697 bits per heavy atom. The molecule has 3 rings (SSSR count). The van der Waals surface area contributed by atoms with Gasteiger partial charge in [-0.05, 0) is 110 Å². The highest BCUT2D eigenvalue weighted by molar-refractivity contribution is 7.01. The van der Waals surface area contributed by atoms with Crippen molar-refractivity contribution in [3.05, 3.63) is 12.2 Å². The summed E-state index contributed by atoms with van der Waals surface area (Å²) in [4.78, 5) is 12.1. The first-order chi connectivity index (χ1) is 35.1. The summed E-state index contributed by atoms with van der Waals surface area (Å²) >= 11 is 0. The van der Waals surface area contributed by atoms with Crippen molar-refractivity contribution < 1.29 is 63.7 Å². The predicted molar refractivity (Wildman–Crippen MR) is 329 cm³/mol. The zero-order valence-electron chi connectivity index (χ0n) is 52.6. The second-order valence-corrected chi connectivity index (χ2v) is 61.3. The van der Waals surface area contributed by atoms with Gasteiger partial charge in [0.15, 0.2) is 25.0 Å². The van der Waals surface area contributed by atoms with Gasteiger partial charge in [-0.1, -0.05) is 145 Å². The average Bonchev–Trinajstić information content (AvgIpc) is 3.23. The summed E-state index contributed by atoms with van der Waals surface area (Å²) in [7, 11) is -36.9. The van der Waals surface area contributed by atoms with E-state index in [-0.39, 0.29) is 54.6 Å². The first-order valence-corrected chi connectivity index (χ1v) is 51.6. The number of carbonyl (C=O) groups excluding carboxylic acids is 1. The molecule has 0 amide bonds. The molecule has 0 aromatic heterocycles. The molecule has 0 aromatic carbocycles. The lowest BCUT2D eigenvalue weighted by atomic mass is 10.3. The van der Waals surface area contributed by atoms with Crippen LogP contribution >= 0.6 is 0 Å². The number of hydrogen-bond donors (Lipinski definition) is 0. The Morgan fingerprint density at radius 1 is 0.421 bits per heavy atom. The zero-order valence-corrected chi connectivity index (χ0v) is 62.6. The third-order valence-electron chi connectivity index (χ3n) is 14.3. The van der Waals surface area contributed by atoms with Crippen molar-refractivity contribution >= 4 is 92.6 Å². The fourth-order valence-electron chi connectivity index (χ4n) is 11.0. The minimum absolute atomic E-state index is 0.0563. The first-order valence-electron chi connectivity index (χ1n) is 29.9. The van der Waals surface area contributed by atoms with E-state index in [1.807, 2.05) is 0 Å². The number of ether oxygens (including phenoxy) is 2. The Labute approximate surface area is 476 Å². The normalized spacial score (nSPS) is 29.9. The lowest BCUT2D eigenvalue weighted by Gasteiger charge is -2.60. The van der Waals surface area contributed by atoms with E-state index in [9.17, 15) is 4.79 Å². The standard InChI is InChI=1S/C51H114O15Si10/c1-25-68(26-2,27-3)56-71(37-44(9)10)60-73(39-46(13)14)58-70(36-43(7)8,55-67(23,24)35-31-32-53-33-34-54-51(52)50(21)22)59-74(40-47(15)16)61-72(38-45(11)12,57-69(28-4,29-5)30-6)63-75(62-71,41-48(17)18)66-76(64-73,65-74)42-49(19)20/h43-49H,21,25-42H2,1-20,22-24H3. The molecule has 3 aliphatic heterocycles. The molecule has 0 spiro atoms. The number of carbonyl (C=O) groups is 1. The van der Waals surface area contributed by atoms with Crippen LogP contribution in [0, 0.1) is 41.4 Å². The SMILES string of the molecule is C=C(C)C(=O)OCCOCCC[Si](C)(C)O[Si]1(CC(C)C)O[Si]2(CC(C)C)O[Si](CC(C)C)(O[Si](CC)(CC)CC)O[Si]3(CC(C)C)O[Si](CC(C)C)(O[Si](CC)(CC)CC)O[Si](CC(C)C)(O1)O[Si](CC(C)C)(O2)O3. The monoisotopic (exact) mass is 1250 g/mol. The smallest absolute Gasteiger partial charge is 0.460 e. The van der Waals surface area contributed by atoms with Crippen molar-refractivity contribution in [1.82, 2.24) is 0 Å².